The first kappa shape index (κ1) is 18.9. The topological polar surface area (TPSA) is 127 Å². The van der Waals surface area contributed by atoms with Gasteiger partial charge < -0.3 is 10.6 Å². The summed E-state index contributed by atoms with van der Waals surface area (Å²) < 4.78 is 16.5. The summed E-state index contributed by atoms with van der Waals surface area (Å²) in [4.78, 5) is 19.2. The van der Waals surface area contributed by atoms with Gasteiger partial charge in [-0.2, -0.15) is 10.2 Å². The Balaban J connectivity index is 1.55. The number of benzene rings is 1. The fourth-order valence-electron chi connectivity index (χ4n) is 3.70. The Morgan fingerprint density at radius 2 is 2.10 bits per heavy atom. The highest BCUT2D eigenvalue weighted by Crippen LogP contribution is 2.30. The van der Waals surface area contributed by atoms with Crippen LogP contribution >= 0.6 is 0 Å². The van der Waals surface area contributed by atoms with Gasteiger partial charge in [-0.25, -0.2) is 24.0 Å². The SMILES string of the molecule is CN=CC(=CN)c1cc2c(-c3cc(N4CCn5ncnc5C4)ncn3)n[nH]c2cc1F. The Hall–Kier alpha value is -4.15. The summed E-state index contributed by atoms with van der Waals surface area (Å²) in [6, 6.07) is 4.97. The van der Waals surface area contributed by atoms with Crippen LogP contribution in [0.1, 0.15) is 11.4 Å². The number of anilines is 1. The third kappa shape index (κ3) is 3.29. The monoisotopic (exact) mass is 418 g/mol. The van der Waals surface area contributed by atoms with Crippen LogP contribution in [0, 0.1) is 5.82 Å². The number of aliphatic imine (C=N–C) groups is 1. The van der Waals surface area contributed by atoms with Crippen LogP contribution in [0.15, 0.2) is 42.0 Å². The molecule has 1 aliphatic heterocycles. The molecule has 11 heteroatoms. The highest BCUT2D eigenvalue weighted by molar-refractivity contribution is 6.11. The van der Waals surface area contributed by atoms with E-state index < -0.39 is 5.82 Å². The molecule has 0 saturated carbocycles. The van der Waals surface area contributed by atoms with Crippen molar-refractivity contribution < 1.29 is 4.39 Å². The largest absolute Gasteiger partial charge is 0.404 e. The lowest BCUT2D eigenvalue weighted by Gasteiger charge is -2.27. The first-order valence-electron chi connectivity index (χ1n) is 9.64. The summed E-state index contributed by atoms with van der Waals surface area (Å²) in [7, 11) is 1.61. The average molecular weight is 418 g/mol. The molecule has 1 aliphatic rings. The van der Waals surface area contributed by atoms with Crippen molar-refractivity contribution in [2.24, 2.45) is 10.7 Å². The zero-order chi connectivity index (χ0) is 21.4. The lowest BCUT2D eigenvalue weighted by atomic mass is 10.0. The van der Waals surface area contributed by atoms with E-state index in [0.717, 1.165) is 30.1 Å². The molecule has 0 amide bonds. The molecule has 3 aromatic heterocycles. The third-order valence-corrected chi connectivity index (χ3v) is 5.24. The summed E-state index contributed by atoms with van der Waals surface area (Å²) in [5, 5.41) is 12.2. The van der Waals surface area contributed by atoms with Crippen LogP contribution in [0.25, 0.3) is 27.9 Å². The number of halogens is 1. The van der Waals surface area contributed by atoms with Crippen molar-refractivity contribution in [3.8, 4) is 11.4 Å². The molecule has 5 rings (SSSR count). The van der Waals surface area contributed by atoms with Gasteiger partial charge in [-0.1, -0.05) is 0 Å². The number of aromatic nitrogens is 7. The number of H-pyrrole nitrogens is 1. The number of aromatic amines is 1. The minimum absolute atomic E-state index is 0.341. The molecule has 0 aliphatic carbocycles. The van der Waals surface area contributed by atoms with Gasteiger partial charge in [0, 0.05) is 54.7 Å². The van der Waals surface area contributed by atoms with Crippen molar-refractivity contribution >= 4 is 28.5 Å². The Bertz CT molecular complexity index is 1320. The van der Waals surface area contributed by atoms with Gasteiger partial charge in [0.1, 0.15) is 35.8 Å². The van der Waals surface area contributed by atoms with E-state index in [1.54, 1.807) is 19.4 Å². The zero-order valence-corrected chi connectivity index (χ0v) is 16.7. The zero-order valence-electron chi connectivity index (χ0n) is 16.7. The normalized spacial score (nSPS) is 14.5. The maximum Gasteiger partial charge on any atom is 0.146 e. The van der Waals surface area contributed by atoms with E-state index in [-0.39, 0.29) is 0 Å². The van der Waals surface area contributed by atoms with Gasteiger partial charge >= 0.3 is 0 Å². The maximum atomic E-state index is 14.6. The highest BCUT2D eigenvalue weighted by Gasteiger charge is 2.21. The summed E-state index contributed by atoms with van der Waals surface area (Å²) in [6.45, 7) is 2.09. The lowest BCUT2D eigenvalue weighted by Crippen LogP contribution is -2.34. The molecule has 0 bridgehead atoms. The van der Waals surface area contributed by atoms with Crippen LogP contribution < -0.4 is 10.6 Å². The van der Waals surface area contributed by atoms with Crippen LogP contribution in [0.4, 0.5) is 10.2 Å². The van der Waals surface area contributed by atoms with Gasteiger partial charge in [0.15, 0.2) is 0 Å². The molecule has 4 heterocycles. The minimum atomic E-state index is -0.417. The smallest absolute Gasteiger partial charge is 0.146 e. The van der Waals surface area contributed by atoms with Gasteiger partial charge in [0.25, 0.3) is 0 Å². The van der Waals surface area contributed by atoms with Crippen LogP contribution in [0.3, 0.4) is 0 Å². The number of rotatable bonds is 4. The highest BCUT2D eigenvalue weighted by atomic mass is 19.1. The van der Waals surface area contributed by atoms with E-state index in [4.69, 9.17) is 5.73 Å². The molecule has 1 aromatic carbocycles. The number of fused-ring (bicyclic) bond motifs is 2. The first-order valence-corrected chi connectivity index (χ1v) is 9.64. The second kappa shape index (κ2) is 7.59. The first-order chi connectivity index (χ1) is 15.2. The van der Waals surface area contributed by atoms with E-state index in [1.807, 2.05) is 10.7 Å². The van der Waals surface area contributed by atoms with Gasteiger partial charge in [-0.05, 0) is 6.07 Å². The Morgan fingerprint density at radius 1 is 1.19 bits per heavy atom. The van der Waals surface area contributed by atoms with Crippen molar-refractivity contribution in [3.63, 3.8) is 0 Å². The molecule has 0 radical (unpaired) electrons. The number of nitrogens with two attached hydrogens (primary N) is 1. The predicted octanol–water partition coefficient (Wildman–Crippen LogP) is 1.77. The number of hydrogen-bond acceptors (Lipinski definition) is 8. The molecule has 0 saturated heterocycles. The van der Waals surface area contributed by atoms with Crippen LogP contribution in [-0.2, 0) is 13.1 Å². The molecule has 10 nitrogen and oxygen atoms in total. The van der Waals surface area contributed by atoms with E-state index >= 15 is 0 Å². The predicted molar refractivity (Wildman–Crippen MR) is 115 cm³/mol. The standard InChI is InChI=1S/C20H19FN10/c1-23-8-12(7-22)13-4-14-16(5-15(13)21)28-29-20(14)17-6-18(25-10-24-17)30-2-3-31-19(9-30)26-11-27-31/h4-8,10-11H,2-3,9,22H2,1H3,(H,28,29). The average Bonchev–Trinajstić information content (AvgIpc) is 3.43. The summed E-state index contributed by atoms with van der Waals surface area (Å²) in [5.41, 5.74) is 8.29. The molecular formula is C20H19FN10. The Labute approximate surface area is 176 Å². The number of nitrogens with zero attached hydrogens (tertiary/aromatic N) is 8. The Morgan fingerprint density at radius 3 is 2.94 bits per heavy atom. The lowest BCUT2D eigenvalue weighted by molar-refractivity contribution is 0.510. The molecule has 0 atom stereocenters. The van der Waals surface area contributed by atoms with Crippen molar-refractivity contribution in [1.29, 1.82) is 0 Å². The number of nitrogens with one attached hydrogen (secondary N) is 1. The van der Waals surface area contributed by atoms with Gasteiger partial charge in [-0.15, -0.1) is 0 Å². The van der Waals surface area contributed by atoms with E-state index in [1.165, 1.54) is 24.8 Å². The second-order valence-electron chi connectivity index (χ2n) is 7.04. The van der Waals surface area contributed by atoms with Crippen LogP contribution in [0.2, 0.25) is 0 Å². The van der Waals surface area contributed by atoms with Gasteiger partial charge in [-0.3, -0.25) is 10.1 Å². The van der Waals surface area contributed by atoms with Crippen LogP contribution in [0.5, 0.6) is 0 Å². The number of hydrogen-bond donors (Lipinski definition) is 2. The molecule has 156 valence electrons. The number of allylic oxidation sites excluding steroid dienone is 1. The van der Waals surface area contributed by atoms with Crippen molar-refractivity contribution in [2.45, 2.75) is 13.1 Å². The molecule has 4 aromatic rings. The van der Waals surface area contributed by atoms with Crippen LogP contribution in [-0.4, -0.2) is 54.7 Å². The summed E-state index contributed by atoms with van der Waals surface area (Å²) in [6.07, 6.45) is 5.91. The molecular weight excluding hydrogens is 399 g/mol. The van der Waals surface area contributed by atoms with Gasteiger partial charge in [0.2, 0.25) is 0 Å². The molecule has 0 fully saturated rings. The van der Waals surface area contributed by atoms with Crippen molar-refractivity contribution in [2.75, 3.05) is 18.5 Å². The minimum Gasteiger partial charge on any atom is -0.404 e. The van der Waals surface area contributed by atoms with E-state index in [0.29, 0.717) is 34.6 Å². The quantitative estimate of drug-likeness (QED) is 0.484. The summed E-state index contributed by atoms with van der Waals surface area (Å²) in [5.74, 6) is 1.23. The molecule has 0 spiro atoms. The fraction of sp³-hybridized carbons (Fsp3) is 0.200. The maximum absolute atomic E-state index is 14.6. The molecule has 0 unspecified atom stereocenters. The van der Waals surface area contributed by atoms with Crippen molar-refractivity contribution in [1.82, 2.24) is 34.9 Å². The molecule has 31 heavy (non-hydrogen) atoms. The second-order valence-corrected chi connectivity index (χ2v) is 7.04. The molecule has 3 N–H and O–H groups in total. The van der Waals surface area contributed by atoms with Gasteiger partial charge in [0.05, 0.1) is 24.3 Å². The summed E-state index contributed by atoms with van der Waals surface area (Å²) >= 11 is 0. The van der Waals surface area contributed by atoms with E-state index in [9.17, 15) is 4.39 Å². The Kier molecular flexibility index (Phi) is 4.62. The fourth-order valence-corrected chi connectivity index (χ4v) is 3.70. The van der Waals surface area contributed by atoms with E-state index in [2.05, 4.69) is 40.1 Å². The third-order valence-electron chi connectivity index (χ3n) is 5.24. The van der Waals surface area contributed by atoms with Crippen molar-refractivity contribution in [3.05, 3.63) is 54.3 Å².